The smallest absolute Gasteiger partial charge is 0.144 e. The zero-order valence-electron chi connectivity index (χ0n) is 10.2. The number of nitrogens with one attached hydrogen (secondary N) is 1. The predicted octanol–water partition coefficient (Wildman–Crippen LogP) is 3.96. The molecule has 1 saturated heterocycles. The van der Waals surface area contributed by atoms with Gasteiger partial charge in [-0.1, -0.05) is 19.1 Å². The maximum absolute atomic E-state index is 5.30. The van der Waals surface area contributed by atoms with Gasteiger partial charge in [-0.15, -0.1) is 11.8 Å². The summed E-state index contributed by atoms with van der Waals surface area (Å²) in [5, 5.41) is 0.938. The lowest BCUT2D eigenvalue weighted by Crippen LogP contribution is -2.19. The third-order valence-electron chi connectivity index (χ3n) is 2.70. The molecule has 2 unspecified atom stereocenters. The van der Waals surface area contributed by atoms with Gasteiger partial charge in [-0.3, -0.25) is 0 Å². The third-order valence-corrected chi connectivity index (χ3v) is 7.21. The number of rotatable bonds is 3. The van der Waals surface area contributed by atoms with Crippen molar-refractivity contribution >= 4 is 51.7 Å². The van der Waals surface area contributed by atoms with Crippen LogP contribution in [0.1, 0.15) is 23.7 Å². The summed E-state index contributed by atoms with van der Waals surface area (Å²) in [5.41, 5.74) is 0.968. The van der Waals surface area contributed by atoms with E-state index in [1.54, 1.807) is 7.11 Å². The molecule has 0 amide bonds. The molecule has 18 heavy (non-hydrogen) atoms. The first-order valence-electron chi connectivity index (χ1n) is 5.64. The molecule has 1 aliphatic heterocycles. The SMILES string of the molecule is COCc1[nH]c(C2SCCSC2C)nc(=S)c1Br. The van der Waals surface area contributed by atoms with Crippen LogP contribution in [0.2, 0.25) is 0 Å². The van der Waals surface area contributed by atoms with E-state index in [9.17, 15) is 0 Å². The van der Waals surface area contributed by atoms with Crippen molar-refractivity contribution in [1.29, 1.82) is 0 Å². The Hall–Kier alpha value is 0.440. The van der Waals surface area contributed by atoms with E-state index in [0.717, 1.165) is 21.7 Å². The molecular weight excluding hydrogens is 352 g/mol. The van der Waals surface area contributed by atoms with Crippen molar-refractivity contribution in [1.82, 2.24) is 9.97 Å². The minimum Gasteiger partial charge on any atom is -0.378 e. The largest absolute Gasteiger partial charge is 0.378 e. The van der Waals surface area contributed by atoms with Gasteiger partial charge in [-0.05, 0) is 15.9 Å². The van der Waals surface area contributed by atoms with Crippen molar-refractivity contribution in [2.45, 2.75) is 24.0 Å². The Balaban J connectivity index is 2.35. The molecule has 1 N–H and O–H groups in total. The number of methoxy groups -OCH3 is 1. The van der Waals surface area contributed by atoms with Gasteiger partial charge >= 0.3 is 0 Å². The molecule has 0 spiro atoms. The summed E-state index contributed by atoms with van der Waals surface area (Å²) in [6.07, 6.45) is 0. The fraction of sp³-hybridized carbons (Fsp3) is 0.636. The summed E-state index contributed by atoms with van der Waals surface area (Å²) in [6, 6.07) is 0. The molecule has 1 aliphatic rings. The molecule has 1 fully saturated rings. The number of halogens is 1. The number of ether oxygens (including phenoxy) is 1. The van der Waals surface area contributed by atoms with E-state index in [0.29, 0.717) is 21.7 Å². The highest BCUT2D eigenvalue weighted by atomic mass is 79.9. The number of hydrogen-bond donors (Lipinski definition) is 1. The minimum absolute atomic E-state index is 0.383. The summed E-state index contributed by atoms with van der Waals surface area (Å²) in [5.74, 6) is 3.35. The van der Waals surface area contributed by atoms with E-state index in [-0.39, 0.29) is 0 Å². The van der Waals surface area contributed by atoms with E-state index in [4.69, 9.17) is 17.0 Å². The molecule has 2 rings (SSSR count). The van der Waals surface area contributed by atoms with Gasteiger partial charge in [0.1, 0.15) is 10.5 Å². The Morgan fingerprint density at radius 3 is 2.89 bits per heavy atom. The molecular formula is C11H15BrN2OS3. The fourth-order valence-corrected chi connectivity index (χ4v) is 5.07. The molecule has 0 aliphatic carbocycles. The second-order valence-electron chi connectivity index (χ2n) is 4.02. The van der Waals surface area contributed by atoms with Gasteiger partial charge in [0.15, 0.2) is 0 Å². The van der Waals surface area contributed by atoms with Crippen molar-refractivity contribution in [2.75, 3.05) is 18.6 Å². The van der Waals surface area contributed by atoms with Gasteiger partial charge in [0.05, 0.1) is 22.0 Å². The fourth-order valence-electron chi connectivity index (χ4n) is 1.84. The number of H-pyrrole nitrogens is 1. The van der Waals surface area contributed by atoms with E-state index >= 15 is 0 Å². The highest BCUT2D eigenvalue weighted by molar-refractivity contribution is 9.10. The number of aromatic nitrogens is 2. The normalized spacial score (nSPS) is 24.2. The second-order valence-corrected chi connectivity index (χ2v) is 7.93. The molecule has 0 bridgehead atoms. The van der Waals surface area contributed by atoms with Gasteiger partial charge in [0.25, 0.3) is 0 Å². The monoisotopic (exact) mass is 366 g/mol. The van der Waals surface area contributed by atoms with Crippen molar-refractivity contribution in [2.24, 2.45) is 0 Å². The molecule has 0 aromatic carbocycles. The summed E-state index contributed by atoms with van der Waals surface area (Å²) < 4.78 is 6.63. The highest BCUT2D eigenvalue weighted by Crippen LogP contribution is 2.41. The van der Waals surface area contributed by atoms with E-state index in [1.807, 2.05) is 23.5 Å². The Morgan fingerprint density at radius 2 is 2.22 bits per heavy atom. The Labute approximate surface area is 129 Å². The number of aromatic amines is 1. The van der Waals surface area contributed by atoms with E-state index < -0.39 is 0 Å². The minimum atomic E-state index is 0.383. The quantitative estimate of drug-likeness (QED) is 0.819. The summed E-state index contributed by atoms with van der Waals surface area (Å²) >= 11 is 12.7. The van der Waals surface area contributed by atoms with Crippen LogP contribution >= 0.6 is 51.7 Å². The lowest BCUT2D eigenvalue weighted by atomic mass is 10.3. The predicted molar refractivity (Wildman–Crippen MR) is 85.0 cm³/mol. The molecule has 7 heteroatoms. The average Bonchev–Trinajstić information content (AvgIpc) is 2.35. The summed E-state index contributed by atoms with van der Waals surface area (Å²) in [7, 11) is 1.68. The van der Waals surface area contributed by atoms with Crippen molar-refractivity contribution < 1.29 is 4.74 Å². The lowest BCUT2D eigenvalue weighted by molar-refractivity contribution is 0.180. The van der Waals surface area contributed by atoms with Crippen LogP contribution in [0.25, 0.3) is 0 Å². The Bertz CT molecular complexity index is 480. The molecule has 100 valence electrons. The van der Waals surface area contributed by atoms with E-state index in [2.05, 4.69) is 32.8 Å². The van der Waals surface area contributed by atoms with Crippen LogP contribution in [-0.4, -0.2) is 33.8 Å². The van der Waals surface area contributed by atoms with Crippen molar-refractivity contribution in [3.63, 3.8) is 0 Å². The number of nitrogens with zero attached hydrogens (tertiary/aromatic N) is 1. The van der Waals surface area contributed by atoms with Crippen LogP contribution in [0.15, 0.2) is 4.47 Å². The molecule has 3 nitrogen and oxygen atoms in total. The van der Waals surface area contributed by atoms with Crippen LogP contribution in [-0.2, 0) is 11.3 Å². The lowest BCUT2D eigenvalue weighted by Gasteiger charge is -2.27. The summed E-state index contributed by atoms with van der Waals surface area (Å²) in [4.78, 5) is 7.88. The maximum atomic E-state index is 5.30. The number of hydrogen-bond acceptors (Lipinski definition) is 5. The number of thioether (sulfide) groups is 2. The van der Waals surface area contributed by atoms with Crippen LogP contribution in [0, 0.1) is 4.64 Å². The Kier molecular flexibility index (Phi) is 5.56. The Morgan fingerprint density at radius 1 is 1.50 bits per heavy atom. The summed E-state index contributed by atoms with van der Waals surface area (Å²) in [6.45, 7) is 2.76. The molecule has 0 radical (unpaired) electrons. The van der Waals surface area contributed by atoms with Crippen LogP contribution in [0.5, 0.6) is 0 Å². The van der Waals surface area contributed by atoms with Gasteiger partial charge in [0, 0.05) is 23.9 Å². The van der Waals surface area contributed by atoms with Crippen molar-refractivity contribution in [3.8, 4) is 0 Å². The molecule has 2 atom stereocenters. The standard InChI is InChI=1S/C11H15BrN2OS3/c1-6-9(18-4-3-17-6)10-13-7(5-15-2)8(12)11(16)14-10/h6,9H,3-5H2,1-2H3,(H,13,14,16). The molecule has 0 saturated carbocycles. The second kappa shape index (κ2) is 6.74. The highest BCUT2D eigenvalue weighted by Gasteiger charge is 2.26. The topological polar surface area (TPSA) is 37.9 Å². The maximum Gasteiger partial charge on any atom is 0.144 e. The van der Waals surface area contributed by atoms with Crippen molar-refractivity contribution in [3.05, 3.63) is 20.6 Å². The first kappa shape index (κ1) is 14.8. The van der Waals surface area contributed by atoms with Gasteiger partial charge in [0.2, 0.25) is 0 Å². The van der Waals surface area contributed by atoms with Crippen LogP contribution < -0.4 is 0 Å². The zero-order valence-corrected chi connectivity index (χ0v) is 14.3. The van der Waals surface area contributed by atoms with Gasteiger partial charge in [-0.25, -0.2) is 4.98 Å². The molecule has 1 aromatic rings. The van der Waals surface area contributed by atoms with Gasteiger partial charge < -0.3 is 9.72 Å². The van der Waals surface area contributed by atoms with E-state index in [1.165, 1.54) is 5.75 Å². The van der Waals surface area contributed by atoms with Crippen LogP contribution in [0.4, 0.5) is 0 Å². The van der Waals surface area contributed by atoms with Crippen LogP contribution in [0.3, 0.4) is 0 Å². The first-order valence-corrected chi connectivity index (χ1v) is 8.94. The third kappa shape index (κ3) is 3.30. The molecule has 2 heterocycles. The zero-order chi connectivity index (χ0) is 13.1. The first-order chi connectivity index (χ1) is 8.63. The molecule has 1 aromatic heterocycles. The van der Waals surface area contributed by atoms with Gasteiger partial charge in [-0.2, -0.15) is 11.8 Å². The average molecular weight is 367 g/mol.